The van der Waals surface area contributed by atoms with Crippen LogP contribution in [0.5, 0.6) is 0 Å². The molecular weight excluding hydrogens is 455 g/mol. The number of carboxylic acids is 3. The Morgan fingerprint density at radius 1 is 0.741 bits per heavy atom. The Balaban J connectivity index is -0.000000147. The van der Waals surface area contributed by atoms with Crippen molar-refractivity contribution in [3.05, 3.63) is 38.0 Å². The first kappa shape index (κ1) is 33.0. The van der Waals surface area contributed by atoms with Crippen LogP contribution in [-0.4, -0.2) is 40.4 Å². The summed E-state index contributed by atoms with van der Waals surface area (Å²) in [7, 11) is 0. The van der Waals surface area contributed by atoms with Gasteiger partial charge in [-0.1, -0.05) is 19.7 Å². The standard InChI is InChI=1S/C11H23.3C3H4O2.Sn/c1-3-5-7-9-11-10-8-6-4-2;3*1-2-3(4)5;/h11H,3-10H2,1-2H3;3*2H,1H2,(H,4,5);/q;;;;+3/p-3. The summed E-state index contributed by atoms with van der Waals surface area (Å²) in [5.74, 6) is -3.69. The number of unbranched alkanes of at least 4 members (excludes halogenated alkanes) is 4. The number of hydrogen-bond donors (Lipinski definition) is 0. The zero-order valence-electron chi connectivity index (χ0n) is 16.5. The van der Waals surface area contributed by atoms with Gasteiger partial charge in [-0.15, -0.1) is 0 Å². The molecule has 0 fully saturated rings. The summed E-state index contributed by atoms with van der Waals surface area (Å²) in [5.41, 5.74) is 0. The van der Waals surface area contributed by atoms with E-state index in [0.29, 0.717) is 0 Å². The van der Waals surface area contributed by atoms with Crippen molar-refractivity contribution in [1.29, 1.82) is 0 Å². The van der Waals surface area contributed by atoms with Gasteiger partial charge in [0, 0.05) is 0 Å². The fraction of sp³-hybridized carbons (Fsp3) is 0.550. The molecule has 0 aliphatic heterocycles. The summed E-state index contributed by atoms with van der Waals surface area (Å²) in [5, 5.41) is 27.4. The molecule has 0 unspecified atom stereocenters. The Bertz CT molecular complexity index is 354. The summed E-state index contributed by atoms with van der Waals surface area (Å²) in [6.07, 6.45) is 13.7. The number of hydrogen-bond acceptors (Lipinski definition) is 6. The SMILES string of the molecule is C=CC(=O)[O-].C=CC(=O)[O-].C=CC(=O)[O-].CCCCC[CH]([Sn+3])CCCCC. The molecule has 0 aromatic rings. The monoisotopic (exact) mass is 488 g/mol. The van der Waals surface area contributed by atoms with E-state index in [1.165, 1.54) is 51.4 Å². The van der Waals surface area contributed by atoms with E-state index in [-0.39, 0.29) is 0 Å². The van der Waals surface area contributed by atoms with Crippen molar-refractivity contribution in [1.82, 2.24) is 0 Å². The van der Waals surface area contributed by atoms with Gasteiger partial charge < -0.3 is 29.7 Å². The molecule has 6 nitrogen and oxygen atoms in total. The molecule has 0 heterocycles. The second kappa shape index (κ2) is 29.2. The van der Waals surface area contributed by atoms with Gasteiger partial charge in [0.05, 0.1) is 17.9 Å². The molecule has 0 amide bonds. The van der Waals surface area contributed by atoms with E-state index in [9.17, 15) is 0 Å². The average Bonchev–Trinajstić information content (AvgIpc) is 2.63. The molecule has 0 atom stereocenters. The van der Waals surface area contributed by atoms with Gasteiger partial charge in [0.15, 0.2) is 0 Å². The van der Waals surface area contributed by atoms with E-state index in [4.69, 9.17) is 29.7 Å². The Hall–Kier alpha value is -1.57. The van der Waals surface area contributed by atoms with Crippen LogP contribution in [0, 0.1) is 0 Å². The molecule has 152 valence electrons. The molecule has 0 rings (SSSR count). The van der Waals surface area contributed by atoms with Crippen molar-refractivity contribution >= 4 is 40.4 Å². The molecule has 0 aromatic heterocycles. The minimum absolute atomic E-state index is 0.722. The molecule has 0 bridgehead atoms. The fourth-order valence-corrected chi connectivity index (χ4v) is 2.59. The number of rotatable bonds is 11. The normalized spacial score (nSPS) is 8.48. The Kier molecular flexibility index (Phi) is 35.7. The zero-order chi connectivity index (χ0) is 22.1. The Morgan fingerprint density at radius 3 is 1.11 bits per heavy atom. The molecule has 0 saturated heterocycles. The van der Waals surface area contributed by atoms with Crippen LogP contribution in [0.3, 0.4) is 0 Å². The van der Waals surface area contributed by atoms with Crippen LogP contribution in [0.25, 0.3) is 0 Å². The zero-order valence-corrected chi connectivity index (χ0v) is 19.4. The second-order valence-electron chi connectivity index (χ2n) is 5.26. The van der Waals surface area contributed by atoms with Crippen molar-refractivity contribution in [3.63, 3.8) is 0 Å². The average molecular weight is 487 g/mol. The first-order valence-electron chi connectivity index (χ1n) is 8.83. The molecule has 0 aliphatic rings. The van der Waals surface area contributed by atoms with Crippen molar-refractivity contribution in [2.45, 2.75) is 69.1 Å². The summed E-state index contributed by atoms with van der Waals surface area (Å²) in [6, 6.07) is 0. The van der Waals surface area contributed by atoms with E-state index in [2.05, 4.69) is 33.6 Å². The first-order chi connectivity index (χ1) is 12.6. The molecular formula is C20H32O6Sn. The minimum atomic E-state index is -1.23. The van der Waals surface area contributed by atoms with Gasteiger partial charge in [0.25, 0.3) is 0 Å². The number of aliphatic carboxylic acids is 3. The summed E-state index contributed by atoms with van der Waals surface area (Å²) in [4.78, 5) is 27.4. The predicted octanol–water partition coefficient (Wildman–Crippen LogP) is 0.871. The Morgan fingerprint density at radius 2 is 0.963 bits per heavy atom. The molecule has 0 saturated carbocycles. The molecule has 0 N–H and O–H groups in total. The fourth-order valence-electron chi connectivity index (χ4n) is 1.43. The number of carbonyl (C=O) groups excluding carboxylic acids is 3. The quantitative estimate of drug-likeness (QED) is 0.242. The molecule has 0 aromatic carbocycles. The number of carboxylic acid groups (broad SMARTS) is 3. The summed E-state index contributed by atoms with van der Waals surface area (Å²) in [6.45, 7) is 13.3. The molecule has 0 aliphatic carbocycles. The predicted molar refractivity (Wildman–Crippen MR) is 103 cm³/mol. The third-order valence-corrected chi connectivity index (χ3v) is 4.46. The van der Waals surface area contributed by atoms with Gasteiger partial charge in [0.2, 0.25) is 0 Å². The van der Waals surface area contributed by atoms with Gasteiger partial charge in [-0.3, -0.25) is 0 Å². The van der Waals surface area contributed by atoms with Crippen LogP contribution < -0.4 is 15.3 Å². The summed E-state index contributed by atoms with van der Waals surface area (Å²) >= 11 is 1.77. The second-order valence-corrected chi connectivity index (χ2v) is 7.59. The Labute approximate surface area is 177 Å². The van der Waals surface area contributed by atoms with Crippen LogP contribution in [0.1, 0.15) is 65.2 Å². The van der Waals surface area contributed by atoms with Gasteiger partial charge in [-0.2, -0.15) is 0 Å². The summed E-state index contributed by atoms with van der Waals surface area (Å²) < 4.78 is 1.07. The van der Waals surface area contributed by atoms with Crippen LogP contribution in [0.4, 0.5) is 0 Å². The molecule has 0 radical (unpaired) electrons. The van der Waals surface area contributed by atoms with Crippen molar-refractivity contribution in [2.75, 3.05) is 0 Å². The van der Waals surface area contributed by atoms with Gasteiger partial charge in [-0.25, -0.2) is 0 Å². The van der Waals surface area contributed by atoms with Crippen molar-refractivity contribution < 1.29 is 29.7 Å². The van der Waals surface area contributed by atoms with Crippen LogP contribution >= 0.6 is 0 Å². The molecule has 7 heteroatoms. The topological polar surface area (TPSA) is 120 Å². The van der Waals surface area contributed by atoms with Crippen LogP contribution in [0.2, 0.25) is 3.93 Å². The van der Waals surface area contributed by atoms with E-state index >= 15 is 0 Å². The van der Waals surface area contributed by atoms with Crippen LogP contribution in [0.15, 0.2) is 38.0 Å². The number of carbonyl (C=O) groups is 3. The maximum absolute atomic E-state index is 9.14. The third kappa shape index (κ3) is 59.0. The molecule has 27 heavy (non-hydrogen) atoms. The first-order valence-corrected chi connectivity index (χ1v) is 10.5. The van der Waals surface area contributed by atoms with E-state index in [0.717, 1.165) is 22.2 Å². The van der Waals surface area contributed by atoms with Gasteiger partial charge in [-0.05, 0) is 18.2 Å². The third-order valence-electron chi connectivity index (χ3n) is 2.81. The maximum atomic E-state index is 9.14. The van der Waals surface area contributed by atoms with E-state index in [1.54, 1.807) is 22.5 Å². The van der Waals surface area contributed by atoms with E-state index in [1.807, 2.05) is 0 Å². The van der Waals surface area contributed by atoms with Gasteiger partial charge in [0.1, 0.15) is 0 Å². The van der Waals surface area contributed by atoms with Gasteiger partial charge >= 0.3 is 91.7 Å². The van der Waals surface area contributed by atoms with Crippen molar-refractivity contribution in [2.24, 2.45) is 0 Å². The van der Waals surface area contributed by atoms with E-state index < -0.39 is 17.9 Å². The van der Waals surface area contributed by atoms with Crippen LogP contribution in [-0.2, 0) is 14.4 Å². The van der Waals surface area contributed by atoms with Crippen molar-refractivity contribution in [3.8, 4) is 0 Å². The molecule has 0 spiro atoms.